The Bertz CT molecular complexity index is 247. The van der Waals surface area contributed by atoms with Gasteiger partial charge in [-0.2, -0.15) is 0 Å². The molecule has 0 spiro atoms. The van der Waals surface area contributed by atoms with Crippen molar-refractivity contribution in [3.05, 3.63) is 0 Å². The fourth-order valence-corrected chi connectivity index (χ4v) is 3.30. The summed E-state index contributed by atoms with van der Waals surface area (Å²) in [6, 6.07) is 0.783. The molecule has 2 rings (SSSR count). The van der Waals surface area contributed by atoms with Gasteiger partial charge < -0.3 is 10.1 Å². The summed E-state index contributed by atoms with van der Waals surface area (Å²) in [4.78, 5) is 0. The number of hydrogen-bond acceptors (Lipinski definition) is 2. The van der Waals surface area contributed by atoms with E-state index in [-0.39, 0.29) is 0 Å². The lowest BCUT2D eigenvalue weighted by Gasteiger charge is -2.33. The van der Waals surface area contributed by atoms with Crippen molar-refractivity contribution in [2.45, 2.75) is 64.8 Å². The third kappa shape index (κ3) is 4.55. The van der Waals surface area contributed by atoms with Crippen LogP contribution in [0.3, 0.4) is 0 Å². The van der Waals surface area contributed by atoms with E-state index in [2.05, 4.69) is 19.2 Å². The van der Waals surface area contributed by atoms with Gasteiger partial charge in [-0.05, 0) is 49.4 Å². The molecule has 0 amide bonds. The number of rotatable bonds is 7. The summed E-state index contributed by atoms with van der Waals surface area (Å²) in [5, 5.41) is 3.83. The highest BCUT2D eigenvalue weighted by atomic mass is 16.5. The minimum absolute atomic E-state index is 0.364. The molecule has 0 aromatic carbocycles. The molecule has 0 heterocycles. The molecule has 0 aliphatic heterocycles. The van der Waals surface area contributed by atoms with Gasteiger partial charge in [-0.15, -0.1) is 0 Å². The first-order chi connectivity index (χ1) is 8.61. The van der Waals surface area contributed by atoms with E-state index in [9.17, 15) is 0 Å². The van der Waals surface area contributed by atoms with Crippen molar-refractivity contribution in [2.75, 3.05) is 20.3 Å². The predicted octanol–water partition coefficient (Wildman–Crippen LogP) is 3.61. The molecule has 2 nitrogen and oxygen atoms in total. The van der Waals surface area contributed by atoms with Crippen LogP contribution >= 0.6 is 0 Å². The summed E-state index contributed by atoms with van der Waals surface area (Å²) in [5.74, 6) is 2.13. The molecule has 2 aliphatic rings. The Labute approximate surface area is 113 Å². The number of ether oxygens (including phenoxy) is 1. The summed E-state index contributed by atoms with van der Waals surface area (Å²) in [6.45, 7) is 6.71. The Balaban J connectivity index is 1.68. The lowest BCUT2D eigenvalue weighted by molar-refractivity contribution is 0.145. The van der Waals surface area contributed by atoms with Crippen LogP contribution in [0.25, 0.3) is 0 Å². The van der Waals surface area contributed by atoms with Crippen molar-refractivity contribution in [2.24, 2.45) is 17.3 Å². The van der Waals surface area contributed by atoms with Gasteiger partial charge in [0.25, 0.3) is 0 Å². The minimum atomic E-state index is 0.364. The zero-order valence-corrected chi connectivity index (χ0v) is 12.5. The molecule has 0 aromatic heterocycles. The van der Waals surface area contributed by atoms with Crippen LogP contribution in [0, 0.1) is 17.3 Å². The van der Waals surface area contributed by atoms with Gasteiger partial charge in [-0.25, -0.2) is 0 Å². The Kier molecular flexibility index (Phi) is 5.08. The summed E-state index contributed by atoms with van der Waals surface area (Å²) in [7, 11) is 1.80. The average Bonchev–Trinajstić information content (AvgIpc) is 3.19. The van der Waals surface area contributed by atoms with Crippen LogP contribution in [0.15, 0.2) is 0 Å². The quantitative estimate of drug-likeness (QED) is 0.748. The van der Waals surface area contributed by atoms with E-state index in [0.29, 0.717) is 5.41 Å². The van der Waals surface area contributed by atoms with Gasteiger partial charge >= 0.3 is 0 Å². The molecule has 2 saturated carbocycles. The third-order valence-electron chi connectivity index (χ3n) is 4.86. The maximum Gasteiger partial charge on any atom is 0.0467 e. The summed E-state index contributed by atoms with van der Waals surface area (Å²) in [6.07, 6.45) is 9.94. The van der Waals surface area contributed by atoms with Crippen LogP contribution in [-0.2, 0) is 4.74 Å². The maximum atomic E-state index is 5.20. The smallest absolute Gasteiger partial charge is 0.0467 e. The highest BCUT2D eigenvalue weighted by Crippen LogP contribution is 2.43. The molecule has 0 saturated heterocycles. The van der Waals surface area contributed by atoms with Crippen molar-refractivity contribution >= 4 is 0 Å². The van der Waals surface area contributed by atoms with E-state index in [1.54, 1.807) is 7.11 Å². The molecule has 106 valence electrons. The lowest BCUT2D eigenvalue weighted by atomic mass is 9.82. The second-order valence-corrected chi connectivity index (χ2v) is 7.25. The van der Waals surface area contributed by atoms with E-state index in [0.717, 1.165) is 37.5 Å². The first kappa shape index (κ1) is 14.3. The molecule has 2 aliphatic carbocycles. The zero-order valence-electron chi connectivity index (χ0n) is 12.5. The Morgan fingerprint density at radius 1 is 1.11 bits per heavy atom. The van der Waals surface area contributed by atoms with Gasteiger partial charge in [0.2, 0.25) is 0 Å². The van der Waals surface area contributed by atoms with E-state index in [1.165, 1.54) is 38.5 Å². The standard InChI is InChI=1S/C16H31NO/c1-16(2,9-10-18-3)12-17-15-6-4-5-14(11-15)13-7-8-13/h13-15,17H,4-12H2,1-3H3. The van der Waals surface area contributed by atoms with Gasteiger partial charge in [-0.3, -0.25) is 0 Å². The van der Waals surface area contributed by atoms with Crippen LogP contribution in [0.5, 0.6) is 0 Å². The predicted molar refractivity (Wildman–Crippen MR) is 76.7 cm³/mol. The van der Waals surface area contributed by atoms with E-state index in [1.807, 2.05) is 0 Å². The Morgan fingerprint density at radius 3 is 2.56 bits per heavy atom. The van der Waals surface area contributed by atoms with Crippen molar-refractivity contribution in [3.8, 4) is 0 Å². The molecule has 2 heteroatoms. The van der Waals surface area contributed by atoms with E-state index in [4.69, 9.17) is 4.74 Å². The largest absolute Gasteiger partial charge is 0.385 e. The molecular formula is C16H31NO. The van der Waals surface area contributed by atoms with Crippen molar-refractivity contribution in [1.82, 2.24) is 5.32 Å². The molecule has 1 N–H and O–H groups in total. The van der Waals surface area contributed by atoms with E-state index < -0.39 is 0 Å². The van der Waals surface area contributed by atoms with Gasteiger partial charge in [0, 0.05) is 26.3 Å². The second-order valence-electron chi connectivity index (χ2n) is 7.25. The van der Waals surface area contributed by atoms with Gasteiger partial charge in [0.05, 0.1) is 0 Å². The Hall–Kier alpha value is -0.0800. The van der Waals surface area contributed by atoms with Gasteiger partial charge in [0.15, 0.2) is 0 Å². The monoisotopic (exact) mass is 253 g/mol. The summed E-state index contributed by atoms with van der Waals surface area (Å²) in [5.41, 5.74) is 0.364. The number of hydrogen-bond donors (Lipinski definition) is 1. The molecule has 2 atom stereocenters. The van der Waals surface area contributed by atoms with Crippen LogP contribution in [0.4, 0.5) is 0 Å². The van der Waals surface area contributed by atoms with Crippen molar-refractivity contribution in [1.29, 1.82) is 0 Å². The minimum Gasteiger partial charge on any atom is -0.385 e. The topological polar surface area (TPSA) is 21.3 Å². The van der Waals surface area contributed by atoms with Crippen LogP contribution in [0.1, 0.15) is 58.8 Å². The summed E-state index contributed by atoms with van der Waals surface area (Å²) < 4.78 is 5.20. The zero-order chi connectivity index (χ0) is 13.0. The fraction of sp³-hybridized carbons (Fsp3) is 1.00. The highest BCUT2D eigenvalue weighted by Gasteiger charge is 2.34. The molecule has 0 radical (unpaired) electrons. The lowest BCUT2D eigenvalue weighted by Crippen LogP contribution is -2.40. The third-order valence-corrected chi connectivity index (χ3v) is 4.86. The SMILES string of the molecule is COCCC(C)(C)CNC1CCCC(C2CC2)C1. The molecule has 2 unspecified atom stereocenters. The van der Waals surface area contributed by atoms with Gasteiger partial charge in [-0.1, -0.05) is 26.7 Å². The fourth-order valence-electron chi connectivity index (χ4n) is 3.30. The molecule has 0 aromatic rings. The molecule has 0 bridgehead atoms. The highest BCUT2D eigenvalue weighted by molar-refractivity contribution is 4.88. The first-order valence-corrected chi connectivity index (χ1v) is 7.83. The summed E-state index contributed by atoms with van der Waals surface area (Å²) >= 11 is 0. The second kappa shape index (κ2) is 6.38. The molecule has 2 fully saturated rings. The van der Waals surface area contributed by atoms with Crippen LogP contribution in [0.2, 0.25) is 0 Å². The van der Waals surface area contributed by atoms with Gasteiger partial charge in [0.1, 0.15) is 0 Å². The number of methoxy groups -OCH3 is 1. The van der Waals surface area contributed by atoms with Crippen LogP contribution < -0.4 is 5.32 Å². The first-order valence-electron chi connectivity index (χ1n) is 7.83. The van der Waals surface area contributed by atoms with Crippen molar-refractivity contribution < 1.29 is 4.74 Å². The molecular weight excluding hydrogens is 222 g/mol. The maximum absolute atomic E-state index is 5.20. The normalized spacial score (nSPS) is 29.5. The van der Waals surface area contributed by atoms with Crippen LogP contribution in [-0.4, -0.2) is 26.3 Å². The average molecular weight is 253 g/mol. The van der Waals surface area contributed by atoms with Crippen molar-refractivity contribution in [3.63, 3.8) is 0 Å². The number of nitrogens with one attached hydrogen (secondary N) is 1. The Morgan fingerprint density at radius 2 is 1.89 bits per heavy atom. The molecule has 18 heavy (non-hydrogen) atoms. The van der Waals surface area contributed by atoms with E-state index >= 15 is 0 Å².